The number of carbonyl (C=O) groups is 1. The Bertz CT molecular complexity index is 767. The zero-order chi connectivity index (χ0) is 16.2. The average Bonchev–Trinajstić information content (AvgIpc) is 2.53. The Labute approximate surface area is 143 Å². The number of hydrogen-bond acceptors (Lipinski definition) is 4. The van der Waals surface area contributed by atoms with E-state index in [4.69, 9.17) is 4.74 Å². The molecule has 0 N–H and O–H groups in total. The van der Waals surface area contributed by atoms with Gasteiger partial charge in [-0.3, -0.25) is 0 Å². The molecule has 0 unspecified atom stereocenters. The van der Waals surface area contributed by atoms with Crippen molar-refractivity contribution in [1.82, 2.24) is 0 Å². The monoisotopic (exact) mass is 430 g/mol. The lowest BCUT2D eigenvalue weighted by Gasteiger charge is -2.07. The van der Waals surface area contributed by atoms with Gasteiger partial charge in [-0.1, -0.05) is 31.2 Å². The molecular weight excluding hydrogens is 415 g/mol. The first-order valence-corrected chi connectivity index (χ1v) is 9.40. The van der Waals surface area contributed by atoms with Crippen LogP contribution in [0.3, 0.4) is 0 Å². The lowest BCUT2D eigenvalue weighted by atomic mass is 10.2. The summed E-state index contributed by atoms with van der Waals surface area (Å²) in [5.74, 6) is -0.330. The molecular formula is C16H15IO4S. The van der Waals surface area contributed by atoms with E-state index in [9.17, 15) is 13.2 Å². The molecule has 6 heteroatoms. The highest BCUT2D eigenvalue weighted by Crippen LogP contribution is 2.15. The van der Waals surface area contributed by atoms with Crippen LogP contribution in [0.4, 0.5) is 0 Å². The summed E-state index contributed by atoms with van der Waals surface area (Å²) in [7, 11) is -3.20. The number of benzene rings is 2. The van der Waals surface area contributed by atoms with Crippen molar-refractivity contribution in [2.75, 3.05) is 5.75 Å². The van der Waals surface area contributed by atoms with E-state index in [2.05, 4.69) is 22.6 Å². The first kappa shape index (κ1) is 17.0. The summed E-state index contributed by atoms with van der Waals surface area (Å²) in [6, 6.07) is 13.6. The van der Waals surface area contributed by atoms with Gasteiger partial charge in [-0.05, 0) is 52.4 Å². The summed E-state index contributed by atoms with van der Waals surface area (Å²) < 4.78 is 29.5. The number of esters is 1. The molecule has 2 aromatic carbocycles. The number of ether oxygens (including phenoxy) is 1. The number of hydrogen-bond donors (Lipinski definition) is 0. The van der Waals surface area contributed by atoms with Gasteiger partial charge >= 0.3 is 5.97 Å². The number of halogens is 1. The molecule has 22 heavy (non-hydrogen) atoms. The molecule has 2 aromatic rings. The van der Waals surface area contributed by atoms with Crippen LogP contribution in [0.5, 0.6) is 0 Å². The highest BCUT2D eigenvalue weighted by Gasteiger charge is 2.13. The van der Waals surface area contributed by atoms with Gasteiger partial charge in [0.25, 0.3) is 0 Å². The lowest BCUT2D eigenvalue weighted by molar-refractivity contribution is 0.0471. The zero-order valence-electron chi connectivity index (χ0n) is 12.0. The normalized spacial score (nSPS) is 11.2. The quantitative estimate of drug-likeness (QED) is 0.539. The number of rotatable bonds is 5. The second-order valence-electron chi connectivity index (χ2n) is 4.60. The molecule has 0 bridgehead atoms. The van der Waals surface area contributed by atoms with E-state index in [1.807, 2.05) is 12.1 Å². The Hall–Kier alpha value is -1.41. The van der Waals surface area contributed by atoms with Crippen LogP contribution in [0.25, 0.3) is 0 Å². The SMILES string of the molecule is CCS(=O)(=O)c1ccc(COC(=O)c2ccccc2I)cc1. The van der Waals surface area contributed by atoms with Gasteiger partial charge in [0.1, 0.15) is 6.61 Å². The van der Waals surface area contributed by atoms with Crippen molar-refractivity contribution >= 4 is 38.4 Å². The van der Waals surface area contributed by atoms with Gasteiger partial charge in [-0.15, -0.1) is 0 Å². The molecule has 0 saturated heterocycles. The standard InChI is InChI=1S/C16H15IO4S/c1-2-22(19,20)13-9-7-12(8-10-13)11-21-16(18)14-5-3-4-6-15(14)17/h3-10H,2,11H2,1H3. The van der Waals surface area contributed by atoms with Crippen LogP contribution < -0.4 is 0 Å². The van der Waals surface area contributed by atoms with Crippen molar-refractivity contribution < 1.29 is 17.9 Å². The van der Waals surface area contributed by atoms with Gasteiger partial charge in [0.15, 0.2) is 9.84 Å². The van der Waals surface area contributed by atoms with Gasteiger partial charge in [-0.25, -0.2) is 13.2 Å². The summed E-state index contributed by atoms with van der Waals surface area (Å²) in [4.78, 5) is 12.3. The molecule has 0 fully saturated rings. The van der Waals surface area contributed by atoms with Crippen LogP contribution in [0, 0.1) is 3.57 Å². The predicted octanol–water partition coefficient (Wildman–Crippen LogP) is 3.44. The summed E-state index contributed by atoms with van der Waals surface area (Å²) in [6.07, 6.45) is 0. The molecule has 0 aromatic heterocycles. The number of sulfone groups is 1. The third-order valence-corrected chi connectivity index (χ3v) is 5.82. The maximum absolute atomic E-state index is 12.0. The van der Waals surface area contributed by atoms with E-state index in [0.717, 1.165) is 9.13 Å². The lowest BCUT2D eigenvalue weighted by Crippen LogP contribution is -2.07. The zero-order valence-corrected chi connectivity index (χ0v) is 14.9. The van der Waals surface area contributed by atoms with Crippen molar-refractivity contribution in [1.29, 1.82) is 0 Å². The topological polar surface area (TPSA) is 60.4 Å². The molecule has 0 heterocycles. The van der Waals surface area contributed by atoms with Crippen LogP contribution in [-0.4, -0.2) is 20.1 Å². The molecule has 0 aliphatic rings. The van der Waals surface area contributed by atoms with Crippen LogP contribution >= 0.6 is 22.6 Å². The fourth-order valence-corrected chi connectivity index (χ4v) is 3.30. The fraction of sp³-hybridized carbons (Fsp3) is 0.188. The summed E-state index contributed by atoms with van der Waals surface area (Å²) in [5, 5.41) is 0. The Kier molecular flexibility index (Phi) is 5.57. The van der Waals surface area contributed by atoms with E-state index in [1.165, 1.54) is 12.1 Å². The molecule has 0 aliphatic heterocycles. The Morgan fingerprint density at radius 1 is 1.09 bits per heavy atom. The molecule has 0 saturated carbocycles. The molecule has 2 rings (SSSR count). The second kappa shape index (κ2) is 7.23. The van der Waals surface area contributed by atoms with Crippen molar-refractivity contribution in [3.8, 4) is 0 Å². The van der Waals surface area contributed by atoms with E-state index in [1.54, 1.807) is 31.2 Å². The third-order valence-electron chi connectivity index (χ3n) is 3.13. The first-order chi connectivity index (χ1) is 10.4. The van der Waals surface area contributed by atoms with Gasteiger partial charge in [0.05, 0.1) is 16.2 Å². The fourth-order valence-electron chi connectivity index (χ4n) is 1.81. The summed E-state index contributed by atoms with van der Waals surface area (Å²) in [6.45, 7) is 1.71. The first-order valence-electron chi connectivity index (χ1n) is 6.67. The molecule has 4 nitrogen and oxygen atoms in total. The molecule has 0 spiro atoms. The van der Waals surface area contributed by atoms with Gasteiger partial charge in [0, 0.05) is 3.57 Å². The van der Waals surface area contributed by atoms with E-state index < -0.39 is 15.8 Å². The van der Waals surface area contributed by atoms with E-state index in [0.29, 0.717) is 5.56 Å². The summed E-state index contributed by atoms with van der Waals surface area (Å²) in [5.41, 5.74) is 1.27. The van der Waals surface area contributed by atoms with Crippen LogP contribution in [0.2, 0.25) is 0 Å². The van der Waals surface area contributed by atoms with Crippen molar-refractivity contribution in [3.05, 3.63) is 63.2 Å². The largest absolute Gasteiger partial charge is 0.457 e. The minimum absolute atomic E-state index is 0.0633. The van der Waals surface area contributed by atoms with Crippen molar-refractivity contribution in [2.45, 2.75) is 18.4 Å². The van der Waals surface area contributed by atoms with Crippen LogP contribution in [-0.2, 0) is 21.2 Å². The molecule has 0 radical (unpaired) electrons. The third kappa shape index (κ3) is 4.07. The Balaban J connectivity index is 2.04. The highest BCUT2D eigenvalue weighted by atomic mass is 127. The maximum Gasteiger partial charge on any atom is 0.339 e. The van der Waals surface area contributed by atoms with Crippen LogP contribution in [0.1, 0.15) is 22.8 Å². The smallest absolute Gasteiger partial charge is 0.339 e. The molecule has 116 valence electrons. The van der Waals surface area contributed by atoms with E-state index >= 15 is 0 Å². The van der Waals surface area contributed by atoms with Crippen LogP contribution in [0.15, 0.2) is 53.4 Å². The Morgan fingerprint density at radius 3 is 2.32 bits per heavy atom. The maximum atomic E-state index is 12.0. The van der Waals surface area contributed by atoms with Crippen molar-refractivity contribution in [3.63, 3.8) is 0 Å². The molecule has 0 amide bonds. The van der Waals surface area contributed by atoms with Crippen molar-refractivity contribution in [2.24, 2.45) is 0 Å². The highest BCUT2D eigenvalue weighted by molar-refractivity contribution is 14.1. The molecule has 0 atom stereocenters. The molecule has 0 aliphatic carbocycles. The minimum atomic E-state index is -3.20. The van der Waals surface area contributed by atoms with Gasteiger partial charge in [0.2, 0.25) is 0 Å². The number of carbonyl (C=O) groups excluding carboxylic acids is 1. The van der Waals surface area contributed by atoms with Gasteiger partial charge in [-0.2, -0.15) is 0 Å². The van der Waals surface area contributed by atoms with Gasteiger partial charge < -0.3 is 4.74 Å². The predicted molar refractivity (Wildman–Crippen MR) is 92.4 cm³/mol. The van der Waals surface area contributed by atoms with E-state index in [-0.39, 0.29) is 17.3 Å². The second-order valence-corrected chi connectivity index (χ2v) is 8.04. The Morgan fingerprint density at radius 2 is 1.73 bits per heavy atom. The average molecular weight is 430 g/mol. The summed E-state index contributed by atoms with van der Waals surface area (Å²) >= 11 is 2.08. The minimum Gasteiger partial charge on any atom is -0.457 e.